The van der Waals surface area contributed by atoms with E-state index in [4.69, 9.17) is 4.74 Å². The number of Topliss-reactive ketones (excluding diaryl/α,β-unsaturated/α-hetero) is 1. The van der Waals surface area contributed by atoms with Crippen LogP contribution in [-0.2, 0) is 14.3 Å². The first kappa shape index (κ1) is 33.5. The minimum atomic E-state index is -0.739. The summed E-state index contributed by atoms with van der Waals surface area (Å²) < 4.78 is 5.44. The minimum absolute atomic E-state index is 0.149. The number of para-hydroxylation sites is 2. The molecule has 0 radical (unpaired) electrons. The van der Waals surface area contributed by atoms with Crippen molar-refractivity contribution in [1.29, 1.82) is 0 Å². The van der Waals surface area contributed by atoms with E-state index in [1.54, 1.807) is 102 Å². The molecule has 0 unspecified atom stereocenters. The molecule has 1 N–H and O–H groups in total. The SMILES string of the molecule is CN(C(=O)OC(C)(C)C)c1cccc(NC(=O)CN2C(=O)N(CC(=O)C(C)(C)C)c3ccccc3N(C3CCCCC3)C2=O)c1. The third-order valence-corrected chi connectivity index (χ3v) is 7.90. The molecule has 1 aliphatic carbocycles. The van der Waals surface area contributed by atoms with Crippen LogP contribution in [0.2, 0.25) is 0 Å². The maximum absolute atomic E-state index is 14.2. The summed E-state index contributed by atoms with van der Waals surface area (Å²) in [7, 11) is 1.56. The van der Waals surface area contributed by atoms with Crippen LogP contribution in [0.5, 0.6) is 0 Å². The zero-order valence-electron chi connectivity index (χ0n) is 27.4. The normalized spacial score (nSPS) is 16.2. The first-order chi connectivity index (χ1) is 21.1. The Morgan fingerprint density at radius 1 is 0.844 bits per heavy atom. The van der Waals surface area contributed by atoms with E-state index < -0.39 is 41.6 Å². The molecule has 2 aliphatic rings. The summed E-state index contributed by atoms with van der Waals surface area (Å²) >= 11 is 0. The Kier molecular flexibility index (Phi) is 9.89. The smallest absolute Gasteiger partial charge is 0.414 e. The first-order valence-electron chi connectivity index (χ1n) is 15.5. The number of nitrogens with zero attached hydrogens (tertiary/aromatic N) is 4. The monoisotopic (exact) mass is 619 g/mol. The van der Waals surface area contributed by atoms with E-state index in [-0.39, 0.29) is 18.4 Å². The second-order valence-electron chi connectivity index (χ2n) is 13.7. The number of anilines is 4. The maximum Gasteiger partial charge on any atom is 0.414 e. The van der Waals surface area contributed by atoms with Crippen molar-refractivity contribution in [2.24, 2.45) is 5.41 Å². The largest absolute Gasteiger partial charge is 0.443 e. The number of rotatable bonds is 7. The number of carbonyl (C=O) groups excluding carboxylic acids is 5. The molecule has 1 saturated carbocycles. The van der Waals surface area contributed by atoms with E-state index in [1.807, 2.05) is 0 Å². The lowest BCUT2D eigenvalue weighted by Crippen LogP contribution is -2.54. The number of amides is 6. The van der Waals surface area contributed by atoms with Crippen LogP contribution in [0.4, 0.5) is 37.1 Å². The molecule has 2 aromatic rings. The fourth-order valence-corrected chi connectivity index (χ4v) is 5.39. The van der Waals surface area contributed by atoms with Gasteiger partial charge in [-0.1, -0.05) is 58.2 Å². The highest BCUT2D eigenvalue weighted by molar-refractivity contribution is 6.16. The van der Waals surface area contributed by atoms with Gasteiger partial charge in [0.2, 0.25) is 5.91 Å². The van der Waals surface area contributed by atoms with Gasteiger partial charge in [0.25, 0.3) is 0 Å². The highest BCUT2D eigenvalue weighted by atomic mass is 16.6. The summed E-state index contributed by atoms with van der Waals surface area (Å²) in [4.78, 5) is 72.9. The Bertz CT molecular complexity index is 1450. The van der Waals surface area contributed by atoms with Crippen LogP contribution in [0.25, 0.3) is 0 Å². The number of ketones is 1. The summed E-state index contributed by atoms with van der Waals surface area (Å²) in [6.07, 6.45) is 3.95. The molecule has 1 heterocycles. The standard InChI is InChI=1S/C34H45N5O6/c1-33(2,3)28(40)21-37-26-18-11-12-19-27(26)39(24-15-9-8-10-16-24)31(43)38(30(37)42)22-29(41)35-23-14-13-17-25(20-23)36(7)32(44)45-34(4,5)6/h11-14,17-20,24H,8-10,15-16,21-22H2,1-7H3,(H,35,41). The van der Waals surface area contributed by atoms with Gasteiger partial charge in [0.15, 0.2) is 5.78 Å². The van der Waals surface area contributed by atoms with Crippen molar-refractivity contribution >= 4 is 52.6 Å². The average molecular weight is 620 g/mol. The number of benzene rings is 2. The highest BCUT2D eigenvalue weighted by Crippen LogP contribution is 2.38. The zero-order valence-corrected chi connectivity index (χ0v) is 27.4. The van der Waals surface area contributed by atoms with Crippen LogP contribution in [0.1, 0.15) is 73.6 Å². The number of ether oxygens (including phenoxy) is 1. The van der Waals surface area contributed by atoms with Crippen LogP contribution in [0.15, 0.2) is 48.5 Å². The van der Waals surface area contributed by atoms with Crippen LogP contribution in [-0.4, -0.2) is 66.5 Å². The fraction of sp³-hybridized carbons (Fsp3) is 0.500. The minimum Gasteiger partial charge on any atom is -0.443 e. The van der Waals surface area contributed by atoms with Crippen molar-refractivity contribution in [2.75, 3.05) is 40.2 Å². The van der Waals surface area contributed by atoms with E-state index in [2.05, 4.69) is 5.32 Å². The van der Waals surface area contributed by atoms with Gasteiger partial charge < -0.3 is 10.1 Å². The van der Waals surface area contributed by atoms with E-state index in [9.17, 15) is 24.0 Å². The van der Waals surface area contributed by atoms with E-state index in [0.29, 0.717) is 22.7 Å². The third-order valence-electron chi connectivity index (χ3n) is 7.90. The van der Waals surface area contributed by atoms with Gasteiger partial charge in [-0.3, -0.25) is 24.3 Å². The molecule has 11 heteroatoms. The Balaban J connectivity index is 1.64. The van der Waals surface area contributed by atoms with Gasteiger partial charge in [0.05, 0.1) is 17.9 Å². The summed E-state index contributed by atoms with van der Waals surface area (Å²) in [5.74, 6) is -0.787. The maximum atomic E-state index is 14.2. The molecule has 45 heavy (non-hydrogen) atoms. The summed E-state index contributed by atoms with van der Waals surface area (Å²) in [5.41, 5.74) is 0.448. The lowest BCUT2D eigenvalue weighted by Gasteiger charge is -2.35. The Morgan fingerprint density at radius 3 is 2.11 bits per heavy atom. The lowest BCUT2D eigenvalue weighted by atomic mass is 9.90. The van der Waals surface area contributed by atoms with Gasteiger partial charge in [0, 0.05) is 29.9 Å². The van der Waals surface area contributed by atoms with Crippen molar-refractivity contribution in [3.05, 3.63) is 48.5 Å². The van der Waals surface area contributed by atoms with Gasteiger partial charge in [0.1, 0.15) is 12.1 Å². The van der Waals surface area contributed by atoms with Gasteiger partial charge in [-0.2, -0.15) is 0 Å². The molecule has 0 spiro atoms. The number of hydrogen-bond donors (Lipinski definition) is 1. The van der Waals surface area contributed by atoms with Crippen molar-refractivity contribution in [3.8, 4) is 0 Å². The molecular weight excluding hydrogens is 574 g/mol. The molecule has 0 bridgehead atoms. The van der Waals surface area contributed by atoms with Crippen molar-refractivity contribution in [3.63, 3.8) is 0 Å². The van der Waals surface area contributed by atoms with Crippen molar-refractivity contribution in [1.82, 2.24) is 4.90 Å². The molecule has 242 valence electrons. The van der Waals surface area contributed by atoms with Gasteiger partial charge in [-0.25, -0.2) is 19.3 Å². The molecule has 0 saturated heterocycles. The summed E-state index contributed by atoms with van der Waals surface area (Å²) in [6.45, 7) is 9.84. The third kappa shape index (κ3) is 8.01. The lowest BCUT2D eigenvalue weighted by molar-refractivity contribution is -0.124. The molecule has 11 nitrogen and oxygen atoms in total. The highest BCUT2D eigenvalue weighted by Gasteiger charge is 2.42. The van der Waals surface area contributed by atoms with Crippen molar-refractivity contribution < 1.29 is 28.7 Å². The van der Waals surface area contributed by atoms with Crippen LogP contribution >= 0.6 is 0 Å². The predicted molar refractivity (Wildman–Crippen MR) is 175 cm³/mol. The van der Waals surface area contributed by atoms with Gasteiger partial charge in [-0.05, 0) is 63.9 Å². The number of nitrogens with one attached hydrogen (secondary N) is 1. The molecule has 1 fully saturated rings. The Morgan fingerprint density at radius 2 is 1.49 bits per heavy atom. The van der Waals surface area contributed by atoms with E-state index in [0.717, 1.165) is 37.0 Å². The van der Waals surface area contributed by atoms with Gasteiger partial charge in [-0.15, -0.1) is 0 Å². The number of carbonyl (C=O) groups is 5. The number of fused-ring (bicyclic) bond motifs is 1. The first-order valence-corrected chi connectivity index (χ1v) is 15.5. The van der Waals surface area contributed by atoms with Gasteiger partial charge >= 0.3 is 18.2 Å². The molecule has 6 amide bonds. The van der Waals surface area contributed by atoms with Crippen LogP contribution in [0.3, 0.4) is 0 Å². The second-order valence-corrected chi connectivity index (χ2v) is 13.7. The Hall–Kier alpha value is -4.41. The zero-order chi connectivity index (χ0) is 33.1. The Labute approximate surface area is 265 Å². The molecule has 2 aromatic carbocycles. The molecular formula is C34H45N5O6. The van der Waals surface area contributed by atoms with E-state index >= 15 is 0 Å². The number of urea groups is 2. The summed E-state index contributed by atoms with van der Waals surface area (Å²) in [5, 5.41) is 2.76. The molecule has 4 rings (SSSR count). The second kappa shape index (κ2) is 13.3. The predicted octanol–water partition coefficient (Wildman–Crippen LogP) is 6.81. The van der Waals surface area contributed by atoms with Crippen LogP contribution in [0, 0.1) is 5.41 Å². The topological polar surface area (TPSA) is 120 Å². The average Bonchev–Trinajstić information content (AvgIpc) is 3.05. The van der Waals surface area contributed by atoms with E-state index in [1.165, 1.54) is 9.80 Å². The quantitative estimate of drug-likeness (QED) is 0.364. The summed E-state index contributed by atoms with van der Waals surface area (Å²) in [6, 6.07) is 12.2. The fourth-order valence-electron chi connectivity index (χ4n) is 5.39. The molecule has 1 aliphatic heterocycles. The molecule has 0 aromatic heterocycles. The molecule has 0 atom stereocenters. The number of imide groups is 1. The van der Waals surface area contributed by atoms with Crippen molar-refractivity contribution in [2.45, 2.75) is 85.3 Å². The number of hydrogen-bond acceptors (Lipinski definition) is 6. The van der Waals surface area contributed by atoms with Crippen LogP contribution < -0.4 is 20.0 Å².